The van der Waals surface area contributed by atoms with E-state index in [2.05, 4.69) is 30.8 Å². The molecule has 27 heavy (non-hydrogen) atoms. The minimum Gasteiger partial charge on any atom is -0.363 e. The molecule has 2 aliphatic rings. The van der Waals surface area contributed by atoms with E-state index in [1.807, 2.05) is 42.5 Å². The van der Waals surface area contributed by atoms with Crippen molar-refractivity contribution in [1.82, 2.24) is 19.6 Å². The van der Waals surface area contributed by atoms with Gasteiger partial charge in [0.05, 0.1) is 6.61 Å². The molecular formula is C19H24BrN5O2. The Kier molecular flexibility index (Phi) is 5.58. The standard InChI is InChI=1S/C19H24BrN5O2/c1-15-4-2-7-21-18(15)25(24-8-3-5-16(14-20)19(24)26)23-11-9-22(10-12-23)17-6-13-27-17/h2-5,7-8,17H,6,9-14H2,1H3/t17-/m0/s1. The lowest BCUT2D eigenvalue weighted by atomic mass is 10.2. The lowest BCUT2D eigenvalue weighted by Crippen LogP contribution is -2.60. The summed E-state index contributed by atoms with van der Waals surface area (Å²) in [6.45, 7) is 6.30. The molecule has 0 bridgehead atoms. The summed E-state index contributed by atoms with van der Waals surface area (Å²) < 4.78 is 7.29. The van der Waals surface area contributed by atoms with E-state index >= 15 is 0 Å². The van der Waals surface area contributed by atoms with Crippen molar-refractivity contribution < 1.29 is 4.74 Å². The average molecular weight is 434 g/mol. The smallest absolute Gasteiger partial charge is 0.274 e. The molecule has 2 aromatic rings. The number of hydrogen-bond acceptors (Lipinski definition) is 6. The maximum absolute atomic E-state index is 13.0. The fraction of sp³-hybridized carbons (Fsp3) is 0.474. The van der Waals surface area contributed by atoms with Gasteiger partial charge in [-0.3, -0.25) is 9.69 Å². The van der Waals surface area contributed by atoms with Crippen LogP contribution in [0.1, 0.15) is 17.5 Å². The van der Waals surface area contributed by atoms with Crippen molar-refractivity contribution in [2.24, 2.45) is 0 Å². The normalized spacial score (nSPS) is 21.0. The molecule has 144 valence electrons. The van der Waals surface area contributed by atoms with Crippen LogP contribution in [0.25, 0.3) is 0 Å². The van der Waals surface area contributed by atoms with Crippen LogP contribution >= 0.6 is 15.9 Å². The lowest BCUT2D eigenvalue weighted by molar-refractivity contribution is -0.154. The van der Waals surface area contributed by atoms with Crippen molar-refractivity contribution in [2.45, 2.75) is 24.9 Å². The molecule has 4 heterocycles. The Morgan fingerprint density at radius 2 is 2.04 bits per heavy atom. The number of alkyl halides is 1. The summed E-state index contributed by atoms with van der Waals surface area (Å²) in [5, 5.41) is 4.65. The van der Waals surface area contributed by atoms with Gasteiger partial charge in [-0.1, -0.05) is 28.1 Å². The Labute approximate surface area is 167 Å². The van der Waals surface area contributed by atoms with E-state index < -0.39 is 0 Å². The summed E-state index contributed by atoms with van der Waals surface area (Å²) in [5.41, 5.74) is 1.71. The van der Waals surface area contributed by atoms with E-state index in [1.54, 1.807) is 10.9 Å². The van der Waals surface area contributed by atoms with Gasteiger partial charge in [0.25, 0.3) is 5.56 Å². The highest BCUT2D eigenvalue weighted by atomic mass is 79.9. The van der Waals surface area contributed by atoms with Gasteiger partial charge in [-0.2, -0.15) is 10.1 Å². The molecule has 7 nitrogen and oxygen atoms in total. The number of piperazine rings is 1. The van der Waals surface area contributed by atoms with E-state index in [-0.39, 0.29) is 11.8 Å². The predicted molar refractivity (Wildman–Crippen MR) is 108 cm³/mol. The maximum Gasteiger partial charge on any atom is 0.274 e. The number of aryl methyl sites for hydroxylation is 1. The molecule has 0 unspecified atom stereocenters. The number of anilines is 1. The highest BCUT2D eigenvalue weighted by Gasteiger charge is 2.32. The molecule has 4 rings (SSSR count). The van der Waals surface area contributed by atoms with Gasteiger partial charge in [-0.05, 0) is 24.6 Å². The third-order valence-electron chi connectivity index (χ3n) is 5.17. The van der Waals surface area contributed by atoms with Crippen molar-refractivity contribution in [3.8, 4) is 0 Å². The van der Waals surface area contributed by atoms with E-state index in [0.29, 0.717) is 5.33 Å². The number of pyridine rings is 2. The molecule has 2 fully saturated rings. The third-order valence-corrected chi connectivity index (χ3v) is 5.77. The quantitative estimate of drug-likeness (QED) is 0.672. The van der Waals surface area contributed by atoms with Crippen LogP contribution in [0.5, 0.6) is 0 Å². The molecule has 0 radical (unpaired) electrons. The first kappa shape index (κ1) is 18.6. The van der Waals surface area contributed by atoms with Crippen molar-refractivity contribution in [2.75, 3.05) is 37.9 Å². The summed E-state index contributed by atoms with van der Waals surface area (Å²) in [7, 11) is 0. The average Bonchev–Trinajstić information content (AvgIpc) is 2.65. The van der Waals surface area contributed by atoms with E-state index in [4.69, 9.17) is 4.74 Å². The number of hydrazine groups is 1. The Morgan fingerprint density at radius 3 is 2.67 bits per heavy atom. The zero-order chi connectivity index (χ0) is 18.8. The predicted octanol–water partition coefficient (Wildman–Crippen LogP) is 2.00. The first-order valence-corrected chi connectivity index (χ1v) is 10.4. The number of halogens is 1. The number of ether oxygens (including phenoxy) is 1. The second-order valence-corrected chi connectivity index (χ2v) is 7.41. The monoisotopic (exact) mass is 433 g/mol. The molecule has 0 amide bonds. The van der Waals surface area contributed by atoms with Crippen LogP contribution in [0.2, 0.25) is 0 Å². The van der Waals surface area contributed by atoms with Crippen molar-refractivity contribution >= 4 is 21.7 Å². The molecule has 2 saturated heterocycles. The SMILES string of the molecule is Cc1cccnc1N(N1CCN([C@@H]2CCO2)CC1)n1cccc(CBr)c1=O. The summed E-state index contributed by atoms with van der Waals surface area (Å²) in [4.78, 5) is 20.0. The molecule has 8 heteroatoms. The molecule has 2 aliphatic heterocycles. The van der Waals surface area contributed by atoms with Crippen LogP contribution in [0.4, 0.5) is 5.82 Å². The Morgan fingerprint density at radius 1 is 1.26 bits per heavy atom. The van der Waals surface area contributed by atoms with Crippen molar-refractivity contribution in [3.05, 3.63) is 58.1 Å². The Balaban J connectivity index is 1.67. The van der Waals surface area contributed by atoms with Crippen LogP contribution in [0, 0.1) is 6.92 Å². The van der Waals surface area contributed by atoms with E-state index in [0.717, 1.165) is 56.2 Å². The van der Waals surface area contributed by atoms with Gasteiger partial charge in [0.15, 0.2) is 5.82 Å². The van der Waals surface area contributed by atoms with Gasteiger partial charge in [0, 0.05) is 55.9 Å². The van der Waals surface area contributed by atoms with E-state index in [1.165, 1.54) is 0 Å². The second kappa shape index (κ2) is 8.10. The molecule has 0 spiro atoms. The molecule has 0 aliphatic carbocycles. The van der Waals surface area contributed by atoms with Gasteiger partial charge in [0.1, 0.15) is 6.23 Å². The van der Waals surface area contributed by atoms with Crippen LogP contribution < -0.4 is 10.7 Å². The third kappa shape index (κ3) is 3.67. The van der Waals surface area contributed by atoms with Crippen molar-refractivity contribution in [1.29, 1.82) is 0 Å². The zero-order valence-corrected chi connectivity index (χ0v) is 17.0. The summed E-state index contributed by atoms with van der Waals surface area (Å²) in [6, 6.07) is 7.69. The summed E-state index contributed by atoms with van der Waals surface area (Å²) >= 11 is 3.41. The molecule has 2 aromatic heterocycles. The van der Waals surface area contributed by atoms with Gasteiger partial charge in [-0.15, -0.1) is 0 Å². The largest absolute Gasteiger partial charge is 0.363 e. The summed E-state index contributed by atoms with van der Waals surface area (Å²) in [5.74, 6) is 0.777. The van der Waals surface area contributed by atoms with Gasteiger partial charge in [0.2, 0.25) is 0 Å². The summed E-state index contributed by atoms with van der Waals surface area (Å²) in [6.07, 6.45) is 4.95. The topological polar surface area (TPSA) is 53.8 Å². The van der Waals surface area contributed by atoms with Gasteiger partial charge in [-0.25, -0.2) is 9.66 Å². The lowest BCUT2D eigenvalue weighted by Gasteiger charge is -2.45. The number of hydrogen-bond donors (Lipinski definition) is 0. The Hall–Kier alpha value is -1.74. The van der Waals surface area contributed by atoms with E-state index in [9.17, 15) is 4.79 Å². The number of rotatable bonds is 5. The van der Waals surface area contributed by atoms with Crippen LogP contribution in [0.3, 0.4) is 0 Å². The van der Waals surface area contributed by atoms with Gasteiger partial charge < -0.3 is 4.74 Å². The first-order chi connectivity index (χ1) is 13.2. The highest BCUT2D eigenvalue weighted by molar-refractivity contribution is 9.08. The first-order valence-electron chi connectivity index (χ1n) is 9.28. The minimum atomic E-state index is -0.0378. The fourth-order valence-electron chi connectivity index (χ4n) is 3.54. The maximum atomic E-state index is 13.0. The number of aromatic nitrogens is 2. The zero-order valence-electron chi connectivity index (χ0n) is 15.4. The molecule has 0 saturated carbocycles. The molecule has 0 N–H and O–H groups in total. The Bertz CT molecular complexity index is 846. The molecule has 1 atom stereocenters. The highest BCUT2D eigenvalue weighted by Crippen LogP contribution is 2.23. The van der Waals surface area contributed by atoms with Crippen molar-refractivity contribution in [3.63, 3.8) is 0 Å². The fourth-order valence-corrected chi connectivity index (χ4v) is 3.96. The minimum absolute atomic E-state index is 0.0378. The van der Waals surface area contributed by atoms with Crippen LogP contribution in [0.15, 0.2) is 41.5 Å². The van der Waals surface area contributed by atoms with Gasteiger partial charge >= 0.3 is 0 Å². The number of nitrogens with zero attached hydrogens (tertiary/aromatic N) is 5. The van der Waals surface area contributed by atoms with Crippen LogP contribution in [-0.2, 0) is 10.1 Å². The molecule has 0 aromatic carbocycles. The molecular weight excluding hydrogens is 410 g/mol. The second-order valence-electron chi connectivity index (χ2n) is 6.85. The van der Waals surface area contributed by atoms with Crippen LogP contribution in [-0.4, -0.2) is 58.6 Å².